The summed E-state index contributed by atoms with van der Waals surface area (Å²) in [6.45, 7) is 0.797. The minimum atomic E-state index is -4.28. The molecular weight excluding hydrogens is 401 g/mol. The number of benzene rings is 1. The van der Waals surface area contributed by atoms with Gasteiger partial charge in [-0.3, -0.25) is 4.90 Å². The van der Waals surface area contributed by atoms with E-state index in [-0.39, 0.29) is 31.8 Å². The molecule has 0 atom stereocenters. The van der Waals surface area contributed by atoms with Crippen LogP contribution in [0.2, 0.25) is 5.02 Å². The second-order valence-electron chi connectivity index (χ2n) is 7.83. The lowest BCUT2D eigenvalue weighted by molar-refractivity contribution is -0.205. The van der Waals surface area contributed by atoms with Gasteiger partial charge in [0.1, 0.15) is 10.8 Å². The summed E-state index contributed by atoms with van der Waals surface area (Å²) in [5.41, 5.74) is -0.618. The summed E-state index contributed by atoms with van der Waals surface area (Å²) >= 11 is 5.91. The van der Waals surface area contributed by atoms with E-state index >= 15 is 0 Å². The van der Waals surface area contributed by atoms with Gasteiger partial charge in [0.05, 0.1) is 0 Å². The van der Waals surface area contributed by atoms with E-state index in [1.54, 1.807) is 0 Å². The van der Waals surface area contributed by atoms with Crippen molar-refractivity contribution in [3.05, 3.63) is 34.9 Å². The Morgan fingerprint density at radius 2 is 1.59 bits per heavy atom. The number of piperidine rings is 1. The van der Waals surface area contributed by atoms with Crippen molar-refractivity contribution in [1.82, 2.24) is 9.21 Å². The fourth-order valence-electron chi connectivity index (χ4n) is 4.26. The third-order valence-electron chi connectivity index (χ3n) is 6.28. The number of hydrogen-bond acceptors (Lipinski definition) is 3. The van der Waals surface area contributed by atoms with Crippen LogP contribution in [0.5, 0.6) is 0 Å². The Morgan fingerprint density at radius 3 is 2.07 bits per heavy atom. The zero-order chi connectivity index (χ0) is 19.4. The molecule has 3 fully saturated rings. The minimum Gasteiger partial charge on any atom is -0.287 e. The molecule has 1 aliphatic carbocycles. The van der Waals surface area contributed by atoms with E-state index in [1.807, 2.05) is 24.3 Å². The second-order valence-corrected chi connectivity index (χ2v) is 10.5. The van der Waals surface area contributed by atoms with Crippen molar-refractivity contribution in [3.63, 3.8) is 0 Å². The van der Waals surface area contributed by atoms with Gasteiger partial charge < -0.3 is 0 Å². The molecule has 0 amide bonds. The molecule has 0 aromatic heterocycles. The molecule has 0 unspecified atom stereocenters. The van der Waals surface area contributed by atoms with Crippen LogP contribution in [-0.2, 0) is 10.0 Å². The van der Waals surface area contributed by atoms with Crippen LogP contribution in [-0.4, -0.2) is 60.8 Å². The topological polar surface area (TPSA) is 40.6 Å². The monoisotopic (exact) mass is 422 g/mol. The molecule has 2 heterocycles. The highest BCUT2D eigenvalue weighted by atomic mass is 35.5. The lowest BCUT2D eigenvalue weighted by Gasteiger charge is -2.46. The van der Waals surface area contributed by atoms with Crippen molar-refractivity contribution < 1.29 is 21.6 Å². The van der Waals surface area contributed by atoms with Gasteiger partial charge in [0.15, 0.2) is 0 Å². The molecule has 4 nitrogen and oxygen atoms in total. The normalized spacial score (nSPS) is 25.3. The van der Waals surface area contributed by atoms with Crippen LogP contribution in [0.25, 0.3) is 0 Å². The van der Waals surface area contributed by atoms with Crippen molar-refractivity contribution >= 4 is 21.6 Å². The first-order chi connectivity index (χ1) is 12.6. The summed E-state index contributed by atoms with van der Waals surface area (Å²) < 4.78 is 66.6. The van der Waals surface area contributed by atoms with Crippen LogP contribution < -0.4 is 0 Å². The van der Waals surface area contributed by atoms with Crippen LogP contribution in [0.4, 0.5) is 13.2 Å². The average Bonchev–Trinajstić information content (AvgIpc) is 3.35. The van der Waals surface area contributed by atoms with Gasteiger partial charge in [-0.15, -0.1) is 0 Å². The first-order valence-electron chi connectivity index (χ1n) is 9.20. The Bertz CT molecular complexity index is 795. The smallest absolute Gasteiger partial charge is 0.287 e. The molecule has 0 radical (unpaired) electrons. The molecule has 2 aliphatic heterocycles. The summed E-state index contributed by atoms with van der Waals surface area (Å²) in [6, 6.07) is 7.59. The van der Waals surface area contributed by atoms with E-state index < -0.39 is 27.0 Å². The summed E-state index contributed by atoms with van der Waals surface area (Å²) in [4.78, 5) is 1.30. The standard InChI is InChI=1S/C18H22ClF3N2O2S/c19-15-3-1-13(2-4-15)14-5-9-24(10-6-14)27(25,26)16-11-23(12-16)17(7-8-17)18(20,21)22/h1-4,14,16H,5-12H2. The number of likely N-dealkylation sites (tertiary alicyclic amines) is 1. The summed E-state index contributed by atoms with van der Waals surface area (Å²) in [5.74, 6) is 0.284. The van der Waals surface area contributed by atoms with Crippen molar-refractivity contribution in [2.24, 2.45) is 0 Å². The highest BCUT2D eigenvalue weighted by molar-refractivity contribution is 7.89. The Morgan fingerprint density at radius 1 is 1.04 bits per heavy atom. The lowest BCUT2D eigenvalue weighted by atomic mass is 9.90. The van der Waals surface area contributed by atoms with E-state index in [9.17, 15) is 21.6 Å². The van der Waals surface area contributed by atoms with Gasteiger partial charge in [-0.05, 0) is 49.3 Å². The highest BCUT2D eigenvalue weighted by Gasteiger charge is 2.69. The zero-order valence-corrected chi connectivity index (χ0v) is 16.3. The highest BCUT2D eigenvalue weighted by Crippen LogP contribution is 2.55. The molecule has 1 aromatic carbocycles. The van der Waals surface area contributed by atoms with Gasteiger partial charge in [0.2, 0.25) is 10.0 Å². The SMILES string of the molecule is O=S(=O)(C1CN(C2(C(F)(F)F)CC2)C1)N1CCC(c2ccc(Cl)cc2)CC1. The minimum absolute atomic E-state index is 0.0149. The molecule has 2 saturated heterocycles. The van der Waals surface area contributed by atoms with E-state index in [2.05, 4.69) is 0 Å². The van der Waals surface area contributed by atoms with Gasteiger partial charge in [0.25, 0.3) is 0 Å². The van der Waals surface area contributed by atoms with E-state index in [0.717, 1.165) is 5.56 Å². The largest absolute Gasteiger partial charge is 0.406 e. The number of halogens is 4. The molecule has 4 rings (SSSR count). The van der Waals surface area contributed by atoms with Gasteiger partial charge in [0, 0.05) is 31.2 Å². The lowest BCUT2D eigenvalue weighted by Crippen LogP contribution is -2.65. The van der Waals surface area contributed by atoms with Gasteiger partial charge in [-0.2, -0.15) is 13.2 Å². The predicted molar refractivity (Wildman–Crippen MR) is 97.3 cm³/mol. The van der Waals surface area contributed by atoms with E-state index in [1.165, 1.54) is 9.21 Å². The number of hydrogen-bond donors (Lipinski definition) is 0. The van der Waals surface area contributed by atoms with Crippen molar-refractivity contribution in [1.29, 1.82) is 0 Å². The van der Waals surface area contributed by atoms with Crippen LogP contribution in [0, 0.1) is 0 Å². The summed E-state index contributed by atoms with van der Waals surface area (Å²) in [5, 5.41) is -0.0509. The molecule has 0 N–H and O–H groups in total. The zero-order valence-electron chi connectivity index (χ0n) is 14.8. The van der Waals surface area contributed by atoms with E-state index in [0.29, 0.717) is 31.0 Å². The maximum Gasteiger partial charge on any atom is 0.406 e. The van der Waals surface area contributed by atoms with Crippen LogP contribution >= 0.6 is 11.6 Å². The number of alkyl halides is 3. The number of rotatable bonds is 4. The van der Waals surface area contributed by atoms with Crippen LogP contribution in [0.1, 0.15) is 37.2 Å². The van der Waals surface area contributed by atoms with Crippen LogP contribution in [0.15, 0.2) is 24.3 Å². The molecule has 1 saturated carbocycles. The third kappa shape index (κ3) is 3.39. The molecular formula is C18H22ClF3N2O2S. The first kappa shape index (κ1) is 19.5. The fraction of sp³-hybridized carbons (Fsp3) is 0.667. The predicted octanol–water partition coefficient (Wildman–Crippen LogP) is 3.63. The fourth-order valence-corrected chi connectivity index (χ4v) is 6.27. The molecule has 3 aliphatic rings. The molecule has 27 heavy (non-hydrogen) atoms. The molecule has 9 heteroatoms. The first-order valence-corrected chi connectivity index (χ1v) is 11.1. The van der Waals surface area contributed by atoms with Gasteiger partial charge in [-0.1, -0.05) is 23.7 Å². The average molecular weight is 423 g/mol. The maximum atomic E-state index is 13.2. The Labute approximate surface area is 162 Å². The summed E-state index contributed by atoms with van der Waals surface area (Å²) in [7, 11) is -3.55. The Kier molecular flexibility index (Phi) is 4.77. The molecule has 0 spiro atoms. The summed E-state index contributed by atoms with van der Waals surface area (Å²) in [6.07, 6.45) is -2.70. The van der Waals surface area contributed by atoms with Crippen molar-refractivity contribution in [2.45, 2.75) is 48.6 Å². The third-order valence-corrected chi connectivity index (χ3v) is 8.76. The Hall–Kier alpha value is -0.830. The second kappa shape index (κ2) is 6.61. The Balaban J connectivity index is 1.34. The van der Waals surface area contributed by atoms with Gasteiger partial charge >= 0.3 is 6.18 Å². The van der Waals surface area contributed by atoms with Crippen molar-refractivity contribution in [2.75, 3.05) is 26.2 Å². The maximum absolute atomic E-state index is 13.2. The number of nitrogens with zero attached hydrogens (tertiary/aromatic N) is 2. The number of sulfonamides is 1. The quantitative estimate of drug-likeness (QED) is 0.744. The van der Waals surface area contributed by atoms with E-state index in [4.69, 9.17) is 11.6 Å². The molecule has 1 aromatic rings. The molecule has 0 bridgehead atoms. The van der Waals surface area contributed by atoms with Gasteiger partial charge in [-0.25, -0.2) is 12.7 Å². The molecule has 150 valence electrons. The van der Waals surface area contributed by atoms with Crippen molar-refractivity contribution in [3.8, 4) is 0 Å². The van der Waals surface area contributed by atoms with Crippen LogP contribution in [0.3, 0.4) is 0 Å².